The number of halogens is 2. The molecule has 0 saturated heterocycles. The van der Waals surface area contributed by atoms with Crippen molar-refractivity contribution in [1.82, 2.24) is 9.97 Å². The lowest BCUT2D eigenvalue weighted by Gasteiger charge is -2.30. The van der Waals surface area contributed by atoms with E-state index in [4.69, 9.17) is 26.8 Å². The third kappa shape index (κ3) is 5.16. The largest absolute Gasteiger partial charge is 0.486 e. The fourth-order valence-electron chi connectivity index (χ4n) is 3.48. The molecule has 2 aromatic heterocycles. The minimum absolute atomic E-state index is 0.0757. The van der Waals surface area contributed by atoms with E-state index in [2.05, 4.69) is 9.97 Å². The van der Waals surface area contributed by atoms with Crippen LogP contribution in [0.25, 0.3) is 22.2 Å². The zero-order valence-corrected chi connectivity index (χ0v) is 17.7. The molecule has 0 spiro atoms. The number of pyridine rings is 2. The summed E-state index contributed by atoms with van der Waals surface area (Å²) in [5, 5.41) is 1.11. The second kappa shape index (κ2) is 8.83. The highest BCUT2D eigenvalue weighted by atomic mass is 35.5. The number of hydrogen-bond donors (Lipinski definition) is 1. The van der Waals surface area contributed by atoms with E-state index in [1.165, 1.54) is 18.3 Å². The van der Waals surface area contributed by atoms with Gasteiger partial charge in [0.25, 0.3) is 0 Å². The summed E-state index contributed by atoms with van der Waals surface area (Å²) in [5.74, 6) is 0.260. The summed E-state index contributed by atoms with van der Waals surface area (Å²) in [6, 6.07) is 7.86. The summed E-state index contributed by atoms with van der Waals surface area (Å²) in [6.07, 6.45) is 2.81. The Bertz CT molecular complexity index is 1080. The van der Waals surface area contributed by atoms with Crippen LogP contribution in [0.2, 0.25) is 5.02 Å². The summed E-state index contributed by atoms with van der Waals surface area (Å²) >= 11 is 6.42. The molecule has 1 amide bonds. The summed E-state index contributed by atoms with van der Waals surface area (Å²) in [4.78, 5) is 19.9. The highest BCUT2D eigenvalue weighted by Gasteiger charge is 2.31. The van der Waals surface area contributed by atoms with Gasteiger partial charge in [0.05, 0.1) is 22.4 Å². The quantitative estimate of drug-likeness (QED) is 0.543. The maximum Gasteiger partial charge on any atom is 0.405 e. The number of carbonyl (C=O) groups is 1. The Hall–Kier alpha value is -2.93. The maximum absolute atomic E-state index is 13.5. The Kier molecular flexibility index (Phi) is 6.41. The van der Waals surface area contributed by atoms with Gasteiger partial charge in [-0.1, -0.05) is 25.4 Å². The van der Waals surface area contributed by atoms with Gasteiger partial charge in [0.1, 0.15) is 18.0 Å². The van der Waals surface area contributed by atoms with E-state index >= 15 is 0 Å². The minimum Gasteiger partial charge on any atom is -0.486 e. The number of nitrogens with zero attached hydrogens (tertiary/aromatic N) is 2. The van der Waals surface area contributed by atoms with Crippen LogP contribution in [0, 0.1) is 11.7 Å². The van der Waals surface area contributed by atoms with Crippen LogP contribution in [0.4, 0.5) is 9.18 Å². The molecule has 2 heterocycles. The van der Waals surface area contributed by atoms with Gasteiger partial charge in [-0.3, -0.25) is 9.97 Å². The number of aromatic nitrogens is 2. The first-order chi connectivity index (χ1) is 14.2. The standard InChI is InChI=1S/C22H23ClFN3O3/c1-13(2)10-22(3,30-21(25)28)12-29-20-11-27-19(9-17(20)23)16-6-7-26-18-8-14(24)4-5-15(16)18/h4-9,11,13H,10,12H2,1-3H3,(H2,25,28). The smallest absolute Gasteiger partial charge is 0.405 e. The molecular formula is C22H23ClFN3O3. The molecule has 3 rings (SSSR count). The van der Waals surface area contributed by atoms with Crippen LogP contribution in [0.1, 0.15) is 27.2 Å². The SMILES string of the molecule is CC(C)CC(C)(COc1cnc(-c2ccnc3cc(F)ccc23)cc1Cl)OC(N)=O. The first-order valence-corrected chi connectivity index (χ1v) is 9.86. The lowest BCUT2D eigenvalue weighted by molar-refractivity contribution is -0.0186. The third-order valence-corrected chi connectivity index (χ3v) is 4.82. The van der Waals surface area contributed by atoms with Crippen molar-refractivity contribution in [2.24, 2.45) is 11.7 Å². The molecule has 2 N–H and O–H groups in total. The number of primary amides is 1. The van der Waals surface area contributed by atoms with Crippen LogP contribution >= 0.6 is 11.6 Å². The number of amides is 1. The molecule has 0 fully saturated rings. The Morgan fingerprint density at radius 1 is 1.27 bits per heavy atom. The molecule has 0 radical (unpaired) electrons. The van der Waals surface area contributed by atoms with Gasteiger partial charge in [0, 0.05) is 23.2 Å². The topological polar surface area (TPSA) is 87.3 Å². The normalized spacial score (nSPS) is 13.3. The molecule has 0 bridgehead atoms. The minimum atomic E-state index is -0.895. The maximum atomic E-state index is 13.5. The first kappa shape index (κ1) is 21.8. The van der Waals surface area contributed by atoms with E-state index in [1.807, 2.05) is 13.8 Å². The number of carbonyl (C=O) groups excluding carboxylic acids is 1. The molecule has 1 unspecified atom stereocenters. The van der Waals surface area contributed by atoms with E-state index in [0.29, 0.717) is 28.4 Å². The van der Waals surface area contributed by atoms with Crippen LogP contribution in [0.5, 0.6) is 5.75 Å². The van der Waals surface area contributed by atoms with Crippen LogP contribution < -0.4 is 10.5 Å². The summed E-state index contributed by atoms with van der Waals surface area (Å²) in [5.41, 5.74) is 6.21. The van der Waals surface area contributed by atoms with E-state index in [0.717, 1.165) is 10.9 Å². The summed E-state index contributed by atoms with van der Waals surface area (Å²) in [7, 11) is 0. The van der Waals surface area contributed by atoms with Crippen molar-refractivity contribution in [3.63, 3.8) is 0 Å². The second-order valence-corrected chi connectivity index (χ2v) is 8.18. The van der Waals surface area contributed by atoms with Crippen LogP contribution in [0.3, 0.4) is 0 Å². The predicted molar refractivity (Wildman–Crippen MR) is 114 cm³/mol. The molecule has 8 heteroatoms. The Morgan fingerprint density at radius 2 is 2.03 bits per heavy atom. The van der Waals surface area contributed by atoms with Crippen molar-refractivity contribution in [1.29, 1.82) is 0 Å². The van der Waals surface area contributed by atoms with Crippen molar-refractivity contribution in [2.45, 2.75) is 32.8 Å². The summed E-state index contributed by atoms with van der Waals surface area (Å²) < 4.78 is 24.6. The first-order valence-electron chi connectivity index (χ1n) is 9.48. The van der Waals surface area contributed by atoms with Crippen LogP contribution in [0.15, 0.2) is 42.7 Å². The van der Waals surface area contributed by atoms with Gasteiger partial charge >= 0.3 is 6.09 Å². The highest BCUT2D eigenvalue weighted by Crippen LogP contribution is 2.33. The van der Waals surface area contributed by atoms with Gasteiger partial charge in [0.15, 0.2) is 5.75 Å². The predicted octanol–water partition coefficient (Wildman–Crippen LogP) is 5.37. The lowest BCUT2D eigenvalue weighted by Crippen LogP contribution is -2.41. The van der Waals surface area contributed by atoms with E-state index in [-0.39, 0.29) is 18.3 Å². The molecule has 1 atom stereocenters. The van der Waals surface area contributed by atoms with Gasteiger partial charge in [-0.25, -0.2) is 9.18 Å². The number of nitrogens with two attached hydrogens (primary N) is 1. The fraction of sp³-hybridized carbons (Fsp3) is 0.318. The van der Waals surface area contributed by atoms with Crippen molar-refractivity contribution in [2.75, 3.05) is 6.61 Å². The van der Waals surface area contributed by atoms with E-state index < -0.39 is 11.7 Å². The van der Waals surface area contributed by atoms with Gasteiger partial charge in [-0.15, -0.1) is 0 Å². The number of hydrogen-bond acceptors (Lipinski definition) is 5. The van der Waals surface area contributed by atoms with Crippen molar-refractivity contribution < 1.29 is 18.7 Å². The van der Waals surface area contributed by atoms with Crippen molar-refractivity contribution in [3.05, 3.63) is 53.6 Å². The second-order valence-electron chi connectivity index (χ2n) is 7.78. The number of benzene rings is 1. The third-order valence-electron chi connectivity index (χ3n) is 4.52. The molecule has 3 aromatic rings. The molecule has 30 heavy (non-hydrogen) atoms. The van der Waals surface area contributed by atoms with Gasteiger partial charge < -0.3 is 15.2 Å². The molecule has 0 aliphatic heterocycles. The Labute approximate surface area is 179 Å². The number of fused-ring (bicyclic) bond motifs is 1. The molecule has 0 aliphatic rings. The van der Waals surface area contributed by atoms with Crippen molar-refractivity contribution in [3.8, 4) is 17.0 Å². The van der Waals surface area contributed by atoms with E-state index in [9.17, 15) is 9.18 Å². The molecular weight excluding hydrogens is 409 g/mol. The van der Waals surface area contributed by atoms with Crippen LogP contribution in [-0.2, 0) is 4.74 Å². The molecule has 1 aromatic carbocycles. The molecule has 6 nitrogen and oxygen atoms in total. The van der Waals surface area contributed by atoms with Gasteiger partial charge in [0.2, 0.25) is 0 Å². The van der Waals surface area contributed by atoms with Crippen LogP contribution in [-0.4, -0.2) is 28.3 Å². The number of ether oxygens (including phenoxy) is 2. The summed E-state index contributed by atoms with van der Waals surface area (Å²) in [6.45, 7) is 5.86. The van der Waals surface area contributed by atoms with Crippen molar-refractivity contribution >= 4 is 28.6 Å². The highest BCUT2D eigenvalue weighted by molar-refractivity contribution is 6.32. The van der Waals surface area contributed by atoms with E-state index in [1.54, 1.807) is 31.3 Å². The Balaban J connectivity index is 1.85. The fourth-order valence-corrected chi connectivity index (χ4v) is 3.69. The zero-order chi connectivity index (χ0) is 21.9. The average molecular weight is 432 g/mol. The monoisotopic (exact) mass is 431 g/mol. The Morgan fingerprint density at radius 3 is 2.70 bits per heavy atom. The molecule has 0 aliphatic carbocycles. The average Bonchev–Trinajstić information content (AvgIpc) is 2.65. The van der Waals surface area contributed by atoms with Gasteiger partial charge in [-0.2, -0.15) is 0 Å². The zero-order valence-electron chi connectivity index (χ0n) is 17.0. The lowest BCUT2D eigenvalue weighted by atomic mass is 9.95. The number of rotatable bonds is 7. The van der Waals surface area contributed by atoms with Gasteiger partial charge in [-0.05, 0) is 43.5 Å². The molecule has 0 saturated carbocycles. The molecule has 158 valence electrons.